The summed E-state index contributed by atoms with van der Waals surface area (Å²) in [6, 6.07) is 10.1. The first-order valence-corrected chi connectivity index (χ1v) is 6.69. The minimum Gasteiger partial charge on any atom is -0.369 e. The van der Waals surface area contributed by atoms with E-state index in [1.54, 1.807) is 6.92 Å². The number of carbonyl (C=O) groups excluding carboxylic acids is 2. The number of aryl methyl sites for hydroxylation is 1. The normalized spacial score (nSPS) is 11.8. The van der Waals surface area contributed by atoms with Gasteiger partial charge in [0, 0.05) is 18.9 Å². The Bertz CT molecular complexity index is 404. The summed E-state index contributed by atoms with van der Waals surface area (Å²) >= 11 is 0. The van der Waals surface area contributed by atoms with Gasteiger partial charge in [0.05, 0.1) is 0 Å². The van der Waals surface area contributed by atoms with E-state index in [1.807, 2.05) is 18.2 Å². The molecular formula is C15H22N2O2. The fourth-order valence-corrected chi connectivity index (χ4v) is 1.76. The van der Waals surface area contributed by atoms with Crippen LogP contribution in [0.4, 0.5) is 0 Å². The van der Waals surface area contributed by atoms with Gasteiger partial charge in [-0.2, -0.15) is 0 Å². The Morgan fingerprint density at radius 2 is 1.95 bits per heavy atom. The van der Waals surface area contributed by atoms with E-state index in [0.29, 0.717) is 19.4 Å². The number of nitrogens with two attached hydrogens (primary N) is 1. The molecule has 0 fully saturated rings. The first kappa shape index (κ1) is 15.2. The minimum atomic E-state index is -0.321. The predicted molar refractivity (Wildman–Crippen MR) is 75.4 cm³/mol. The summed E-state index contributed by atoms with van der Waals surface area (Å²) in [7, 11) is 0. The molecular weight excluding hydrogens is 240 g/mol. The largest absolute Gasteiger partial charge is 0.369 e. The van der Waals surface area contributed by atoms with Gasteiger partial charge in [-0.3, -0.25) is 9.59 Å². The highest BCUT2D eigenvalue weighted by Gasteiger charge is 2.08. The van der Waals surface area contributed by atoms with E-state index in [-0.39, 0.29) is 17.7 Å². The molecule has 1 rings (SSSR count). The van der Waals surface area contributed by atoms with Crippen molar-refractivity contribution in [1.29, 1.82) is 0 Å². The van der Waals surface area contributed by atoms with Gasteiger partial charge in [-0.05, 0) is 24.8 Å². The van der Waals surface area contributed by atoms with Crippen LogP contribution in [0.15, 0.2) is 30.3 Å². The summed E-state index contributed by atoms with van der Waals surface area (Å²) in [5.74, 6) is -0.476. The van der Waals surface area contributed by atoms with Gasteiger partial charge in [0.2, 0.25) is 11.8 Å². The third-order valence-corrected chi connectivity index (χ3v) is 3.10. The van der Waals surface area contributed by atoms with Crippen LogP contribution in [0.25, 0.3) is 0 Å². The summed E-state index contributed by atoms with van der Waals surface area (Å²) in [5, 5.41) is 2.81. The van der Waals surface area contributed by atoms with Crippen molar-refractivity contribution < 1.29 is 9.59 Å². The van der Waals surface area contributed by atoms with Crippen LogP contribution >= 0.6 is 0 Å². The van der Waals surface area contributed by atoms with E-state index in [4.69, 9.17) is 5.73 Å². The third-order valence-electron chi connectivity index (χ3n) is 3.10. The highest BCUT2D eigenvalue weighted by molar-refractivity contribution is 5.77. The molecule has 0 aliphatic carbocycles. The highest BCUT2D eigenvalue weighted by Crippen LogP contribution is 2.04. The van der Waals surface area contributed by atoms with Crippen molar-refractivity contribution in [3.05, 3.63) is 35.9 Å². The lowest BCUT2D eigenvalue weighted by Crippen LogP contribution is -2.29. The number of rotatable bonds is 8. The lowest BCUT2D eigenvalue weighted by Gasteiger charge is -2.08. The number of hydrogen-bond acceptors (Lipinski definition) is 2. The van der Waals surface area contributed by atoms with Gasteiger partial charge in [0.15, 0.2) is 0 Å². The molecule has 0 spiro atoms. The molecule has 0 saturated carbocycles. The maximum absolute atomic E-state index is 11.6. The second kappa shape index (κ2) is 8.29. The van der Waals surface area contributed by atoms with Gasteiger partial charge in [-0.25, -0.2) is 0 Å². The minimum absolute atomic E-state index is 0.0348. The zero-order valence-electron chi connectivity index (χ0n) is 11.4. The van der Waals surface area contributed by atoms with E-state index in [9.17, 15) is 9.59 Å². The molecule has 19 heavy (non-hydrogen) atoms. The number of primary amides is 1. The van der Waals surface area contributed by atoms with Crippen LogP contribution in [0.3, 0.4) is 0 Å². The zero-order valence-corrected chi connectivity index (χ0v) is 11.4. The van der Waals surface area contributed by atoms with Crippen molar-refractivity contribution in [2.75, 3.05) is 6.54 Å². The van der Waals surface area contributed by atoms with Crippen molar-refractivity contribution in [2.24, 2.45) is 11.7 Å². The first-order valence-electron chi connectivity index (χ1n) is 6.69. The number of hydrogen-bond donors (Lipinski definition) is 2. The van der Waals surface area contributed by atoms with Gasteiger partial charge in [0.25, 0.3) is 0 Å². The van der Waals surface area contributed by atoms with Crippen LogP contribution in [-0.4, -0.2) is 18.4 Å². The van der Waals surface area contributed by atoms with E-state index < -0.39 is 0 Å². The predicted octanol–water partition coefficient (Wildman–Crippen LogP) is 1.64. The maximum Gasteiger partial charge on any atom is 0.220 e. The molecule has 0 aliphatic heterocycles. The highest BCUT2D eigenvalue weighted by atomic mass is 16.2. The smallest absolute Gasteiger partial charge is 0.220 e. The Morgan fingerprint density at radius 3 is 2.58 bits per heavy atom. The number of amides is 2. The Kier molecular flexibility index (Phi) is 6.64. The molecule has 0 radical (unpaired) electrons. The van der Waals surface area contributed by atoms with Crippen LogP contribution in [0.1, 0.15) is 31.7 Å². The molecule has 0 saturated heterocycles. The molecule has 1 aromatic carbocycles. The van der Waals surface area contributed by atoms with Crippen molar-refractivity contribution in [2.45, 2.75) is 32.6 Å². The Balaban J connectivity index is 2.10. The molecule has 4 heteroatoms. The third kappa shape index (κ3) is 6.60. The molecule has 1 atom stereocenters. The molecule has 0 unspecified atom stereocenters. The van der Waals surface area contributed by atoms with Gasteiger partial charge < -0.3 is 11.1 Å². The summed E-state index contributed by atoms with van der Waals surface area (Å²) in [6.07, 6.45) is 2.85. The second-order valence-electron chi connectivity index (χ2n) is 4.78. The van der Waals surface area contributed by atoms with Crippen LogP contribution in [0.2, 0.25) is 0 Å². The van der Waals surface area contributed by atoms with E-state index >= 15 is 0 Å². The molecule has 3 N–H and O–H groups in total. The lowest BCUT2D eigenvalue weighted by atomic mass is 10.1. The van der Waals surface area contributed by atoms with E-state index in [0.717, 1.165) is 12.8 Å². The average Bonchev–Trinajstić information content (AvgIpc) is 2.39. The molecule has 104 valence electrons. The van der Waals surface area contributed by atoms with Gasteiger partial charge in [0.1, 0.15) is 0 Å². The topological polar surface area (TPSA) is 72.2 Å². The average molecular weight is 262 g/mol. The summed E-state index contributed by atoms with van der Waals surface area (Å²) in [6.45, 7) is 2.28. The van der Waals surface area contributed by atoms with Crippen LogP contribution < -0.4 is 11.1 Å². The molecule has 4 nitrogen and oxygen atoms in total. The zero-order chi connectivity index (χ0) is 14.1. The SMILES string of the molecule is C[C@H](CCNC(=O)CCCc1ccccc1)C(N)=O. The van der Waals surface area contributed by atoms with E-state index in [1.165, 1.54) is 5.56 Å². The molecule has 0 bridgehead atoms. The van der Waals surface area contributed by atoms with Gasteiger partial charge in [-0.15, -0.1) is 0 Å². The number of carbonyl (C=O) groups is 2. The van der Waals surface area contributed by atoms with Crippen molar-refractivity contribution in [1.82, 2.24) is 5.32 Å². The standard InChI is InChI=1S/C15H22N2O2/c1-12(15(16)19)10-11-17-14(18)9-5-8-13-6-3-2-4-7-13/h2-4,6-7,12H,5,8-11H2,1H3,(H2,16,19)(H,17,18)/t12-/m1/s1. The Hall–Kier alpha value is -1.84. The molecule has 1 aromatic rings. The van der Waals surface area contributed by atoms with Crippen molar-refractivity contribution in [3.8, 4) is 0 Å². The number of benzene rings is 1. The second-order valence-corrected chi connectivity index (χ2v) is 4.78. The van der Waals surface area contributed by atoms with E-state index in [2.05, 4.69) is 17.4 Å². The summed E-state index contributed by atoms with van der Waals surface area (Å²) in [4.78, 5) is 22.4. The number of nitrogens with one attached hydrogen (secondary N) is 1. The van der Waals surface area contributed by atoms with Crippen LogP contribution in [0, 0.1) is 5.92 Å². The molecule has 0 aromatic heterocycles. The molecule has 0 heterocycles. The Morgan fingerprint density at radius 1 is 1.26 bits per heavy atom. The van der Waals surface area contributed by atoms with Gasteiger partial charge in [-0.1, -0.05) is 37.3 Å². The van der Waals surface area contributed by atoms with Crippen molar-refractivity contribution >= 4 is 11.8 Å². The van der Waals surface area contributed by atoms with Gasteiger partial charge >= 0.3 is 0 Å². The fraction of sp³-hybridized carbons (Fsp3) is 0.467. The lowest BCUT2D eigenvalue weighted by molar-refractivity contribution is -0.123. The fourth-order valence-electron chi connectivity index (χ4n) is 1.76. The maximum atomic E-state index is 11.6. The quantitative estimate of drug-likeness (QED) is 0.747. The summed E-state index contributed by atoms with van der Waals surface area (Å²) < 4.78 is 0. The molecule has 2 amide bonds. The summed E-state index contributed by atoms with van der Waals surface area (Å²) in [5.41, 5.74) is 6.39. The monoisotopic (exact) mass is 262 g/mol. The van der Waals surface area contributed by atoms with Crippen LogP contribution in [0.5, 0.6) is 0 Å². The molecule has 0 aliphatic rings. The Labute approximate surface area is 114 Å². The van der Waals surface area contributed by atoms with Crippen LogP contribution in [-0.2, 0) is 16.0 Å². The first-order chi connectivity index (χ1) is 9.09. The van der Waals surface area contributed by atoms with Crippen molar-refractivity contribution in [3.63, 3.8) is 0 Å².